The summed E-state index contributed by atoms with van der Waals surface area (Å²) in [4.78, 5) is 0. The maximum atomic E-state index is 5.38. The molecular formula is C12H25NO. The van der Waals surface area contributed by atoms with Crippen LogP contribution in [0.2, 0.25) is 0 Å². The van der Waals surface area contributed by atoms with Crippen molar-refractivity contribution in [3.05, 3.63) is 0 Å². The SMILES string of the molecule is CCOCCC(CC)CNCC1CC1. The Labute approximate surface area is 88.4 Å². The normalized spacial score (nSPS) is 18.4. The van der Waals surface area contributed by atoms with Gasteiger partial charge in [-0.2, -0.15) is 0 Å². The Balaban J connectivity index is 1.92. The van der Waals surface area contributed by atoms with Gasteiger partial charge in [-0.3, -0.25) is 0 Å². The fraction of sp³-hybridized carbons (Fsp3) is 1.00. The van der Waals surface area contributed by atoms with E-state index in [0.29, 0.717) is 0 Å². The predicted octanol–water partition coefficient (Wildman–Crippen LogP) is 2.44. The second kappa shape index (κ2) is 7.24. The van der Waals surface area contributed by atoms with Crippen LogP contribution in [0.25, 0.3) is 0 Å². The van der Waals surface area contributed by atoms with Crippen LogP contribution in [0, 0.1) is 11.8 Å². The maximum Gasteiger partial charge on any atom is 0.0469 e. The molecule has 14 heavy (non-hydrogen) atoms. The molecule has 0 spiro atoms. The van der Waals surface area contributed by atoms with Crippen molar-refractivity contribution >= 4 is 0 Å². The van der Waals surface area contributed by atoms with Crippen molar-refractivity contribution in [2.24, 2.45) is 11.8 Å². The topological polar surface area (TPSA) is 21.3 Å². The predicted molar refractivity (Wildman–Crippen MR) is 60.5 cm³/mol. The molecule has 0 amide bonds. The smallest absolute Gasteiger partial charge is 0.0469 e. The van der Waals surface area contributed by atoms with Crippen molar-refractivity contribution in [2.45, 2.75) is 39.5 Å². The maximum absolute atomic E-state index is 5.38. The lowest BCUT2D eigenvalue weighted by atomic mass is 10.0. The minimum Gasteiger partial charge on any atom is -0.382 e. The van der Waals surface area contributed by atoms with E-state index in [9.17, 15) is 0 Å². The first-order valence-corrected chi connectivity index (χ1v) is 6.15. The highest BCUT2D eigenvalue weighted by molar-refractivity contribution is 4.75. The van der Waals surface area contributed by atoms with Crippen LogP contribution < -0.4 is 5.32 Å². The van der Waals surface area contributed by atoms with Crippen LogP contribution >= 0.6 is 0 Å². The van der Waals surface area contributed by atoms with Crippen LogP contribution in [-0.2, 0) is 4.74 Å². The van der Waals surface area contributed by atoms with Gasteiger partial charge in [0.05, 0.1) is 0 Å². The van der Waals surface area contributed by atoms with Crippen LogP contribution in [-0.4, -0.2) is 26.3 Å². The first-order chi connectivity index (χ1) is 6.86. The molecule has 0 saturated heterocycles. The Morgan fingerprint density at radius 1 is 1.36 bits per heavy atom. The standard InChI is InChI=1S/C12H25NO/c1-3-11(7-8-14-4-2)9-13-10-12-5-6-12/h11-13H,3-10H2,1-2H3. The zero-order chi connectivity index (χ0) is 10.2. The molecular weight excluding hydrogens is 174 g/mol. The van der Waals surface area contributed by atoms with Gasteiger partial charge >= 0.3 is 0 Å². The Kier molecular flexibility index (Phi) is 6.20. The van der Waals surface area contributed by atoms with Crippen LogP contribution in [0.1, 0.15) is 39.5 Å². The first kappa shape index (κ1) is 12.0. The van der Waals surface area contributed by atoms with E-state index in [4.69, 9.17) is 4.74 Å². The summed E-state index contributed by atoms with van der Waals surface area (Å²) in [6.45, 7) is 8.54. The third kappa shape index (κ3) is 5.61. The highest BCUT2D eigenvalue weighted by Gasteiger charge is 2.20. The Morgan fingerprint density at radius 3 is 2.71 bits per heavy atom. The summed E-state index contributed by atoms with van der Waals surface area (Å²) >= 11 is 0. The van der Waals surface area contributed by atoms with E-state index in [-0.39, 0.29) is 0 Å². The molecule has 2 nitrogen and oxygen atoms in total. The monoisotopic (exact) mass is 199 g/mol. The molecule has 1 N–H and O–H groups in total. The van der Waals surface area contributed by atoms with Gasteiger partial charge in [0, 0.05) is 13.2 Å². The Morgan fingerprint density at radius 2 is 2.14 bits per heavy atom. The van der Waals surface area contributed by atoms with Gasteiger partial charge in [0.15, 0.2) is 0 Å². The van der Waals surface area contributed by atoms with Gasteiger partial charge < -0.3 is 10.1 Å². The second-order valence-electron chi connectivity index (χ2n) is 4.36. The van der Waals surface area contributed by atoms with Crippen LogP contribution in [0.3, 0.4) is 0 Å². The largest absolute Gasteiger partial charge is 0.382 e. The van der Waals surface area contributed by atoms with Crippen molar-refractivity contribution in [3.8, 4) is 0 Å². The number of ether oxygens (including phenoxy) is 1. The summed E-state index contributed by atoms with van der Waals surface area (Å²) < 4.78 is 5.38. The minimum absolute atomic E-state index is 0.806. The molecule has 1 fully saturated rings. The van der Waals surface area contributed by atoms with Gasteiger partial charge in [0.2, 0.25) is 0 Å². The van der Waals surface area contributed by atoms with Gasteiger partial charge in [0.25, 0.3) is 0 Å². The van der Waals surface area contributed by atoms with Crippen LogP contribution in [0.5, 0.6) is 0 Å². The first-order valence-electron chi connectivity index (χ1n) is 6.15. The van der Waals surface area contributed by atoms with Crippen molar-refractivity contribution in [3.63, 3.8) is 0 Å². The average molecular weight is 199 g/mol. The lowest BCUT2D eigenvalue weighted by Gasteiger charge is -2.15. The third-order valence-electron chi connectivity index (χ3n) is 3.01. The van der Waals surface area contributed by atoms with Gasteiger partial charge in [-0.15, -0.1) is 0 Å². The highest BCUT2D eigenvalue weighted by atomic mass is 16.5. The Bertz CT molecular complexity index is 134. The molecule has 1 atom stereocenters. The van der Waals surface area contributed by atoms with Crippen LogP contribution in [0.4, 0.5) is 0 Å². The molecule has 1 unspecified atom stereocenters. The van der Waals surface area contributed by atoms with Gasteiger partial charge in [-0.25, -0.2) is 0 Å². The van der Waals surface area contributed by atoms with E-state index >= 15 is 0 Å². The lowest BCUT2D eigenvalue weighted by molar-refractivity contribution is 0.131. The van der Waals surface area contributed by atoms with E-state index in [1.54, 1.807) is 0 Å². The number of nitrogens with one attached hydrogen (secondary N) is 1. The molecule has 0 heterocycles. The van der Waals surface area contributed by atoms with E-state index < -0.39 is 0 Å². The van der Waals surface area contributed by atoms with Crippen LogP contribution in [0.15, 0.2) is 0 Å². The lowest BCUT2D eigenvalue weighted by Crippen LogP contribution is -2.25. The van der Waals surface area contributed by atoms with Crippen molar-refractivity contribution in [1.82, 2.24) is 5.32 Å². The molecule has 0 aromatic carbocycles. The molecule has 0 bridgehead atoms. The van der Waals surface area contributed by atoms with Crippen molar-refractivity contribution < 1.29 is 4.74 Å². The molecule has 0 radical (unpaired) electrons. The van der Waals surface area contributed by atoms with E-state index in [2.05, 4.69) is 19.2 Å². The molecule has 1 saturated carbocycles. The molecule has 0 aromatic heterocycles. The fourth-order valence-corrected chi connectivity index (χ4v) is 1.66. The quantitative estimate of drug-likeness (QED) is 0.576. The molecule has 84 valence electrons. The van der Waals surface area contributed by atoms with Gasteiger partial charge in [0.1, 0.15) is 0 Å². The van der Waals surface area contributed by atoms with Crippen molar-refractivity contribution in [2.75, 3.05) is 26.3 Å². The third-order valence-corrected chi connectivity index (χ3v) is 3.01. The number of hydrogen-bond donors (Lipinski definition) is 1. The molecule has 1 aliphatic rings. The molecule has 1 aliphatic carbocycles. The summed E-state index contributed by atoms with van der Waals surface area (Å²) in [5.41, 5.74) is 0. The van der Waals surface area contributed by atoms with E-state index in [1.807, 2.05) is 0 Å². The minimum atomic E-state index is 0.806. The van der Waals surface area contributed by atoms with E-state index in [0.717, 1.165) is 25.0 Å². The van der Waals surface area contributed by atoms with Gasteiger partial charge in [-0.1, -0.05) is 13.3 Å². The summed E-state index contributed by atoms with van der Waals surface area (Å²) in [5, 5.41) is 3.57. The zero-order valence-corrected chi connectivity index (χ0v) is 9.72. The highest BCUT2D eigenvalue weighted by Crippen LogP contribution is 2.27. The summed E-state index contributed by atoms with van der Waals surface area (Å²) in [6, 6.07) is 0. The van der Waals surface area contributed by atoms with Gasteiger partial charge in [-0.05, 0) is 51.1 Å². The van der Waals surface area contributed by atoms with Crippen molar-refractivity contribution in [1.29, 1.82) is 0 Å². The average Bonchev–Trinajstić information content (AvgIpc) is 2.99. The van der Waals surface area contributed by atoms with E-state index in [1.165, 1.54) is 38.8 Å². The number of rotatable bonds is 9. The zero-order valence-electron chi connectivity index (χ0n) is 9.72. The number of hydrogen-bond acceptors (Lipinski definition) is 2. The summed E-state index contributed by atoms with van der Waals surface area (Å²) in [5.74, 6) is 1.81. The summed E-state index contributed by atoms with van der Waals surface area (Å²) in [7, 11) is 0. The molecule has 0 aromatic rings. The molecule has 0 aliphatic heterocycles. The summed E-state index contributed by atoms with van der Waals surface area (Å²) in [6.07, 6.45) is 5.37. The fourth-order valence-electron chi connectivity index (χ4n) is 1.66. The molecule has 1 rings (SSSR count). The Hall–Kier alpha value is -0.0800. The molecule has 2 heteroatoms. The second-order valence-corrected chi connectivity index (χ2v) is 4.36.